The minimum Gasteiger partial charge on any atom is -0.394 e. The van der Waals surface area contributed by atoms with Crippen LogP contribution in [0.5, 0.6) is 0 Å². The summed E-state index contributed by atoms with van der Waals surface area (Å²) in [5, 5.41) is 22.6. The number of carbonyl (C=O) groups is 1. The molecule has 0 bridgehead atoms. The van der Waals surface area contributed by atoms with Crippen molar-refractivity contribution in [1.29, 1.82) is 0 Å². The van der Waals surface area contributed by atoms with Crippen LogP contribution in [0.2, 0.25) is 0 Å². The Morgan fingerprint density at radius 3 is 1.18 bits per heavy atom. The maximum atomic E-state index is 12.3. The Labute approximate surface area is 346 Å². The molecule has 0 aromatic heterocycles. The summed E-state index contributed by atoms with van der Waals surface area (Å²) in [6.45, 7) is 4.08. The number of hydrogen-bond donors (Lipinski definition) is 3. The quantitative estimate of drug-likeness (QED) is 0.0429. The van der Waals surface area contributed by atoms with Crippen LogP contribution in [0.15, 0.2) is 109 Å². The summed E-state index contributed by atoms with van der Waals surface area (Å²) >= 11 is 0. The fraction of sp³-hybridized carbons (Fsp3) is 0.635. The van der Waals surface area contributed by atoms with Gasteiger partial charge in [-0.1, -0.05) is 213 Å². The first-order valence-electron chi connectivity index (χ1n) is 23.1. The van der Waals surface area contributed by atoms with Crippen molar-refractivity contribution in [3.05, 3.63) is 109 Å². The molecule has 2 unspecified atom stereocenters. The van der Waals surface area contributed by atoms with Gasteiger partial charge in [-0.25, -0.2) is 0 Å². The summed E-state index contributed by atoms with van der Waals surface area (Å²) < 4.78 is 0. The van der Waals surface area contributed by atoms with Gasteiger partial charge >= 0.3 is 0 Å². The molecule has 0 heterocycles. The van der Waals surface area contributed by atoms with E-state index < -0.39 is 12.1 Å². The number of hydrogen-bond acceptors (Lipinski definition) is 3. The molecule has 0 aromatic carbocycles. The molecule has 0 radical (unpaired) electrons. The molecular weight excluding hydrogens is 687 g/mol. The first kappa shape index (κ1) is 53.0. The van der Waals surface area contributed by atoms with Crippen LogP contribution in [0.3, 0.4) is 0 Å². The fourth-order valence-corrected chi connectivity index (χ4v) is 6.25. The van der Waals surface area contributed by atoms with Gasteiger partial charge in [-0.2, -0.15) is 0 Å². The summed E-state index contributed by atoms with van der Waals surface area (Å²) in [6.07, 6.45) is 71.1. The Hall–Kier alpha value is -2.95. The zero-order chi connectivity index (χ0) is 40.7. The van der Waals surface area contributed by atoms with Crippen LogP contribution >= 0.6 is 0 Å². The molecule has 2 atom stereocenters. The Morgan fingerprint density at radius 1 is 0.446 bits per heavy atom. The van der Waals surface area contributed by atoms with E-state index in [2.05, 4.69) is 116 Å². The van der Waals surface area contributed by atoms with Gasteiger partial charge in [0.05, 0.1) is 18.8 Å². The summed E-state index contributed by atoms with van der Waals surface area (Å²) in [6, 6.07) is -0.623. The number of aliphatic hydroxyl groups is 2. The number of amides is 1. The van der Waals surface area contributed by atoms with E-state index in [1.54, 1.807) is 6.08 Å². The van der Waals surface area contributed by atoms with Crippen molar-refractivity contribution in [2.24, 2.45) is 0 Å². The molecule has 318 valence electrons. The highest BCUT2D eigenvalue weighted by molar-refractivity contribution is 5.76. The molecule has 0 rings (SSSR count). The maximum absolute atomic E-state index is 12.3. The third-order valence-electron chi connectivity index (χ3n) is 9.76. The standard InChI is InChI=1S/C52H87NO3/c1-3-5-7-9-10-11-12-13-14-15-16-17-18-19-20-21-22-23-24-25-26-27-28-29-30-31-32-33-34-35-36-37-38-39-40-41-42-44-46-48-52(56)53-50(49-54)51(55)47-45-43-8-6-4-2/h5,7,10-11,13-14,16-17,19-20,22-23,25-26,28-29,45,47,50-51,54-55H,3-4,6,8-9,12,15,18,21,24,27,30-44,46,48-49H2,1-2H3,(H,53,56)/b7-5-,11-10-,14-13-,17-16-,20-19-,23-22-,26-25-,29-28-,47-45+. The van der Waals surface area contributed by atoms with E-state index in [1.807, 2.05) is 6.08 Å². The molecule has 0 fully saturated rings. The van der Waals surface area contributed by atoms with Crippen LogP contribution in [0.4, 0.5) is 0 Å². The van der Waals surface area contributed by atoms with Crippen LogP contribution in [-0.2, 0) is 4.79 Å². The van der Waals surface area contributed by atoms with Gasteiger partial charge in [-0.3, -0.25) is 4.79 Å². The van der Waals surface area contributed by atoms with Gasteiger partial charge in [0.15, 0.2) is 0 Å². The Kier molecular flexibility index (Phi) is 44.0. The third-order valence-corrected chi connectivity index (χ3v) is 9.76. The van der Waals surface area contributed by atoms with E-state index in [0.717, 1.165) is 77.0 Å². The van der Waals surface area contributed by atoms with Crippen molar-refractivity contribution in [3.8, 4) is 0 Å². The molecule has 4 heteroatoms. The molecule has 3 N–H and O–H groups in total. The largest absolute Gasteiger partial charge is 0.394 e. The molecule has 1 amide bonds. The Balaban J connectivity index is 3.50. The van der Waals surface area contributed by atoms with Gasteiger partial charge in [0, 0.05) is 6.42 Å². The summed E-state index contributed by atoms with van der Waals surface area (Å²) in [5.74, 6) is -0.0772. The number of unbranched alkanes of at least 4 members (excludes halogenated alkanes) is 17. The average molecular weight is 774 g/mol. The van der Waals surface area contributed by atoms with E-state index in [-0.39, 0.29) is 12.5 Å². The van der Waals surface area contributed by atoms with E-state index >= 15 is 0 Å². The van der Waals surface area contributed by atoms with Crippen LogP contribution in [0.25, 0.3) is 0 Å². The van der Waals surface area contributed by atoms with Crippen molar-refractivity contribution in [2.75, 3.05) is 6.61 Å². The molecule has 0 saturated carbocycles. The molecule has 0 aliphatic rings. The fourth-order valence-electron chi connectivity index (χ4n) is 6.25. The monoisotopic (exact) mass is 774 g/mol. The van der Waals surface area contributed by atoms with Crippen molar-refractivity contribution in [2.45, 2.75) is 206 Å². The summed E-state index contributed by atoms with van der Waals surface area (Å²) in [7, 11) is 0. The average Bonchev–Trinajstić information content (AvgIpc) is 3.20. The number of rotatable bonds is 40. The van der Waals surface area contributed by atoms with Crippen molar-refractivity contribution < 1.29 is 15.0 Å². The van der Waals surface area contributed by atoms with E-state index in [1.165, 1.54) is 96.3 Å². The van der Waals surface area contributed by atoms with Crippen LogP contribution < -0.4 is 5.32 Å². The normalized spacial score (nSPS) is 14.0. The van der Waals surface area contributed by atoms with E-state index in [4.69, 9.17) is 0 Å². The van der Waals surface area contributed by atoms with E-state index in [9.17, 15) is 15.0 Å². The molecule has 0 spiro atoms. The highest BCUT2D eigenvalue weighted by Gasteiger charge is 2.17. The first-order valence-corrected chi connectivity index (χ1v) is 23.1. The Morgan fingerprint density at radius 2 is 0.786 bits per heavy atom. The zero-order valence-electron chi connectivity index (χ0n) is 36.4. The lowest BCUT2D eigenvalue weighted by atomic mass is 10.0. The van der Waals surface area contributed by atoms with Gasteiger partial charge in [0.25, 0.3) is 0 Å². The lowest BCUT2D eigenvalue weighted by molar-refractivity contribution is -0.123. The van der Waals surface area contributed by atoms with Crippen LogP contribution in [-0.4, -0.2) is 34.9 Å². The predicted molar refractivity (Wildman–Crippen MR) is 248 cm³/mol. The molecule has 4 nitrogen and oxygen atoms in total. The minimum absolute atomic E-state index is 0.0772. The zero-order valence-corrected chi connectivity index (χ0v) is 36.4. The van der Waals surface area contributed by atoms with Gasteiger partial charge in [0.1, 0.15) is 0 Å². The highest BCUT2D eigenvalue weighted by atomic mass is 16.3. The number of aliphatic hydroxyl groups excluding tert-OH is 2. The second-order valence-electron chi connectivity index (χ2n) is 15.1. The lowest BCUT2D eigenvalue weighted by Crippen LogP contribution is -2.45. The molecule has 0 aromatic rings. The molecule has 0 aliphatic heterocycles. The van der Waals surface area contributed by atoms with Crippen LogP contribution in [0, 0.1) is 0 Å². The molecule has 56 heavy (non-hydrogen) atoms. The SMILES string of the molecule is CC/C=C\C/C=C\C/C=C\C/C=C\C/C=C\C/C=C\C/C=C\C/C=C\CCCCCCCCCCCCCCCCC(=O)NC(CO)C(O)/C=C/CCCCC. The Bertz CT molecular complexity index is 1110. The minimum atomic E-state index is -0.839. The number of allylic oxidation sites excluding steroid dienone is 17. The molecule has 0 saturated heterocycles. The van der Waals surface area contributed by atoms with E-state index in [0.29, 0.717) is 6.42 Å². The third kappa shape index (κ3) is 42.2. The second kappa shape index (κ2) is 46.4. The number of carbonyl (C=O) groups excluding carboxylic acids is 1. The van der Waals surface area contributed by atoms with Gasteiger partial charge in [-0.15, -0.1) is 0 Å². The van der Waals surface area contributed by atoms with Gasteiger partial charge in [-0.05, 0) is 83.5 Å². The van der Waals surface area contributed by atoms with Crippen LogP contribution in [0.1, 0.15) is 194 Å². The van der Waals surface area contributed by atoms with Gasteiger partial charge in [0.2, 0.25) is 5.91 Å². The topological polar surface area (TPSA) is 69.6 Å². The molecular formula is C52H87NO3. The number of nitrogens with one attached hydrogen (secondary N) is 1. The first-order chi connectivity index (χ1) is 27.7. The maximum Gasteiger partial charge on any atom is 0.220 e. The molecule has 0 aliphatic carbocycles. The van der Waals surface area contributed by atoms with Crippen molar-refractivity contribution in [1.82, 2.24) is 5.32 Å². The lowest BCUT2D eigenvalue weighted by Gasteiger charge is -2.20. The second-order valence-corrected chi connectivity index (χ2v) is 15.1. The van der Waals surface area contributed by atoms with Crippen molar-refractivity contribution in [3.63, 3.8) is 0 Å². The summed E-state index contributed by atoms with van der Waals surface area (Å²) in [5.41, 5.74) is 0. The highest BCUT2D eigenvalue weighted by Crippen LogP contribution is 2.14. The van der Waals surface area contributed by atoms with Crippen molar-refractivity contribution >= 4 is 5.91 Å². The van der Waals surface area contributed by atoms with Gasteiger partial charge < -0.3 is 15.5 Å². The predicted octanol–water partition coefficient (Wildman–Crippen LogP) is 14.8. The summed E-state index contributed by atoms with van der Waals surface area (Å²) in [4.78, 5) is 12.3. The smallest absolute Gasteiger partial charge is 0.220 e.